The highest BCUT2D eigenvalue weighted by Gasteiger charge is 2.43. The van der Waals surface area contributed by atoms with E-state index < -0.39 is 36.3 Å². The van der Waals surface area contributed by atoms with E-state index in [2.05, 4.69) is 29.5 Å². The standard InChI is InChI=1S/C48H72N6O7S/c1-12-32(6)43(53(9)48(59)41(30(2)3)51-46(58)42(31(4)5)52(8)29-35-20-22-36(55)23-21-35)39(60-10)28-40(56)54-25-16-19-38(54)44(61-11)33(7)45(57)50-37(47-49-24-26-62-47)27-34-17-14-13-15-18-34/h13-15,17-18,20-24,26,30-33,37-39,41-44,55H,12,16,19,25,27-29H2,1-11H3,(H,50,57)(H,51,58)/t32-,33+,37-,38?,39+,41?,42?,43-,44+/m0/s1. The van der Waals surface area contributed by atoms with Crippen molar-refractivity contribution in [2.24, 2.45) is 23.7 Å². The minimum absolute atomic E-state index is 0.0238. The van der Waals surface area contributed by atoms with Gasteiger partial charge in [0.2, 0.25) is 23.6 Å². The Morgan fingerprint density at radius 3 is 2.15 bits per heavy atom. The van der Waals surface area contributed by atoms with E-state index in [9.17, 15) is 24.3 Å². The van der Waals surface area contributed by atoms with Gasteiger partial charge < -0.3 is 35.0 Å². The van der Waals surface area contributed by atoms with Gasteiger partial charge in [-0.2, -0.15) is 0 Å². The molecule has 0 bridgehead atoms. The quantitative estimate of drug-likeness (QED) is 0.0974. The number of carbonyl (C=O) groups is 4. The second-order valence-corrected chi connectivity index (χ2v) is 18.6. The number of phenols is 1. The number of thiazole rings is 1. The van der Waals surface area contributed by atoms with Crippen LogP contribution in [0, 0.1) is 23.7 Å². The number of likely N-dealkylation sites (tertiary alicyclic amines) is 1. The predicted octanol–water partition coefficient (Wildman–Crippen LogP) is 6.47. The zero-order valence-corrected chi connectivity index (χ0v) is 39.6. The number of hydrogen-bond donors (Lipinski definition) is 3. The van der Waals surface area contributed by atoms with Gasteiger partial charge in [-0.1, -0.05) is 97.4 Å². The van der Waals surface area contributed by atoms with Gasteiger partial charge in [0.25, 0.3) is 0 Å². The van der Waals surface area contributed by atoms with Gasteiger partial charge >= 0.3 is 0 Å². The summed E-state index contributed by atoms with van der Waals surface area (Å²) in [7, 11) is 6.79. The Balaban J connectivity index is 1.48. The van der Waals surface area contributed by atoms with Crippen molar-refractivity contribution in [1.82, 2.24) is 30.3 Å². The van der Waals surface area contributed by atoms with Gasteiger partial charge in [0.15, 0.2) is 0 Å². The van der Waals surface area contributed by atoms with E-state index in [1.54, 1.807) is 44.5 Å². The Morgan fingerprint density at radius 2 is 1.58 bits per heavy atom. The molecule has 0 saturated carbocycles. The smallest absolute Gasteiger partial charge is 0.245 e. The lowest BCUT2D eigenvalue weighted by atomic mass is 9.89. The van der Waals surface area contributed by atoms with Crippen LogP contribution in [0.5, 0.6) is 5.75 Å². The lowest BCUT2D eigenvalue weighted by molar-refractivity contribution is -0.148. The first kappa shape index (κ1) is 50.3. The Kier molecular flexibility index (Phi) is 19.4. The molecule has 3 N–H and O–H groups in total. The summed E-state index contributed by atoms with van der Waals surface area (Å²) in [5.74, 6) is -1.52. The van der Waals surface area contributed by atoms with Gasteiger partial charge in [-0.15, -0.1) is 11.3 Å². The molecule has 9 atom stereocenters. The van der Waals surface area contributed by atoms with Crippen molar-refractivity contribution in [1.29, 1.82) is 0 Å². The topological polar surface area (TPSA) is 154 Å². The van der Waals surface area contributed by atoms with Crippen molar-refractivity contribution >= 4 is 35.0 Å². The Labute approximate surface area is 373 Å². The van der Waals surface area contributed by atoms with Gasteiger partial charge in [0.1, 0.15) is 16.8 Å². The summed E-state index contributed by atoms with van der Waals surface area (Å²) in [6.07, 6.45) is 3.33. The highest BCUT2D eigenvalue weighted by atomic mass is 32.1. The maximum atomic E-state index is 14.6. The molecule has 0 aliphatic carbocycles. The number of ether oxygens (including phenoxy) is 2. The molecule has 3 aromatic rings. The van der Waals surface area contributed by atoms with Crippen LogP contribution in [-0.2, 0) is 41.6 Å². The first-order valence-electron chi connectivity index (χ1n) is 22.2. The van der Waals surface area contributed by atoms with Crippen molar-refractivity contribution in [2.45, 2.75) is 130 Å². The van der Waals surface area contributed by atoms with Crippen molar-refractivity contribution in [3.05, 3.63) is 82.3 Å². The van der Waals surface area contributed by atoms with Crippen LogP contribution in [0.25, 0.3) is 0 Å². The number of nitrogens with zero attached hydrogens (tertiary/aromatic N) is 4. The summed E-state index contributed by atoms with van der Waals surface area (Å²) >= 11 is 1.50. The highest BCUT2D eigenvalue weighted by Crippen LogP contribution is 2.31. The molecule has 0 spiro atoms. The normalized spacial score (nSPS) is 18.2. The van der Waals surface area contributed by atoms with Crippen LogP contribution in [0.4, 0.5) is 0 Å². The van der Waals surface area contributed by atoms with E-state index in [1.165, 1.54) is 11.3 Å². The lowest BCUT2D eigenvalue weighted by Gasteiger charge is -2.41. The number of methoxy groups -OCH3 is 2. The fourth-order valence-electron chi connectivity index (χ4n) is 9.04. The molecule has 13 nitrogen and oxygen atoms in total. The summed E-state index contributed by atoms with van der Waals surface area (Å²) in [5.41, 5.74) is 2.03. The summed E-state index contributed by atoms with van der Waals surface area (Å²) in [6.45, 7) is 14.8. The summed E-state index contributed by atoms with van der Waals surface area (Å²) in [5, 5.41) is 18.8. The Hall–Kier alpha value is -4.37. The average molecular weight is 877 g/mol. The van der Waals surface area contributed by atoms with Crippen molar-refractivity contribution in [3.63, 3.8) is 0 Å². The second kappa shape index (κ2) is 23.9. The van der Waals surface area contributed by atoms with Crippen LogP contribution in [0.2, 0.25) is 0 Å². The molecule has 1 saturated heterocycles. The van der Waals surface area contributed by atoms with Gasteiger partial charge in [-0.25, -0.2) is 4.98 Å². The molecule has 2 aromatic carbocycles. The van der Waals surface area contributed by atoms with Crippen molar-refractivity contribution in [3.8, 4) is 5.75 Å². The minimum atomic E-state index is -0.823. The molecular formula is C48H72N6O7S. The molecule has 0 radical (unpaired) electrons. The van der Waals surface area contributed by atoms with E-state index in [4.69, 9.17) is 9.47 Å². The molecule has 342 valence electrons. The maximum Gasteiger partial charge on any atom is 0.245 e. The third-order valence-electron chi connectivity index (χ3n) is 12.6. The molecule has 4 rings (SSSR count). The van der Waals surface area contributed by atoms with Crippen LogP contribution >= 0.6 is 11.3 Å². The minimum Gasteiger partial charge on any atom is -0.508 e. The SMILES string of the molecule is CC[C@H](C)[C@@H]([C@@H](CC(=O)N1CCCC1[C@H](OC)[C@@H](C)C(=O)N[C@@H](Cc1ccccc1)c1nccs1)OC)N(C)C(=O)C(NC(=O)C(C(C)C)N(C)Cc1ccc(O)cc1)C(C)C. The number of benzene rings is 2. The number of aromatic hydroxyl groups is 1. The van der Waals surface area contributed by atoms with Crippen LogP contribution in [0.15, 0.2) is 66.2 Å². The van der Waals surface area contributed by atoms with Crippen LogP contribution in [-0.4, -0.2) is 120 Å². The molecule has 1 aliphatic heterocycles. The van der Waals surface area contributed by atoms with E-state index in [0.717, 1.165) is 29.0 Å². The van der Waals surface area contributed by atoms with Crippen molar-refractivity contribution in [2.75, 3.05) is 34.9 Å². The first-order chi connectivity index (χ1) is 29.5. The summed E-state index contributed by atoms with van der Waals surface area (Å²) in [6, 6.07) is 14.4. The zero-order valence-electron chi connectivity index (χ0n) is 38.7. The molecule has 62 heavy (non-hydrogen) atoms. The van der Waals surface area contributed by atoms with Crippen LogP contribution in [0.1, 0.15) is 96.3 Å². The van der Waals surface area contributed by atoms with E-state index >= 15 is 0 Å². The molecular weight excluding hydrogens is 805 g/mol. The molecule has 1 aromatic heterocycles. The van der Waals surface area contributed by atoms with E-state index in [-0.39, 0.29) is 65.6 Å². The number of likely N-dealkylation sites (N-methyl/N-ethyl adjacent to an activating group) is 2. The van der Waals surface area contributed by atoms with Crippen LogP contribution < -0.4 is 10.6 Å². The highest BCUT2D eigenvalue weighted by molar-refractivity contribution is 7.09. The number of aromatic nitrogens is 1. The third-order valence-corrected chi connectivity index (χ3v) is 13.5. The average Bonchev–Trinajstić information content (AvgIpc) is 3.97. The Bertz CT molecular complexity index is 1850. The number of amides is 4. The van der Waals surface area contributed by atoms with Gasteiger partial charge in [-0.05, 0) is 67.3 Å². The number of phenolic OH excluding ortho intramolecular Hbond substituents is 1. The molecule has 2 heterocycles. The predicted molar refractivity (Wildman–Crippen MR) is 244 cm³/mol. The number of hydrogen-bond acceptors (Lipinski definition) is 10. The molecule has 1 fully saturated rings. The molecule has 14 heteroatoms. The zero-order chi connectivity index (χ0) is 45.7. The second-order valence-electron chi connectivity index (χ2n) is 17.7. The molecule has 4 amide bonds. The van der Waals surface area contributed by atoms with E-state index in [0.29, 0.717) is 25.9 Å². The number of nitrogens with one attached hydrogen (secondary N) is 2. The lowest BCUT2D eigenvalue weighted by Crippen LogP contribution is -2.60. The van der Waals surface area contributed by atoms with Gasteiger partial charge in [0, 0.05) is 45.9 Å². The largest absolute Gasteiger partial charge is 0.508 e. The van der Waals surface area contributed by atoms with Crippen molar-refractivity contribution < 1.29 is 33.8 Å². The summed E-state index contributed by atoms with van der Waals surface area (Å²) in [4.78, 5) is 67.0. The van der Waals surface area contributed by atoms with Gasteiger partial charge in [0.05, 0.1) is 48.7 Å². The van der Waals surface area contributed by atoms with Crippen LogP contribution in [0.3, 0.4) is 0 Å². The number of rotatable bonds is 23. The maximum absolute atomic E-state index is 14.6. The third kappa shape index (κ3) is 13.1. The fourth-order valence-corrected chi connectivity index (χ4v) is 9.73. The monoisotopic (exact) mass is 877 g/mol. The first-order valence-corrected chi connectivity index (χ1v) is 23.0. The summed E-state index contributed by atoms with van der Waals surface area (Å²) < 4.78 is 12.2. The fraction of sp³-hybridized carbons (Fsp3) is 0.604. The molecule has 3 unspecified atom stereocenters. The Morgan fingerprint density at radius 1 is 0.903 bits per heavy atom. The molecule has 1 aliphatic rings. The van der Waals surface area contributed by atoms with E-state index in [1.807, 2.05) is 99.3 Å². The number of carbonyl (C=O) groups excluding carboxylic acids is 4. The van der Waals surface area contributed by atoms with Gasteiger partial charge in [-0.3, -0.25) is 24.1 Å².